The van der Waals surface area contributed by atoms with Crippen LogP contribution in [0.1, 0.15) is 44.8 Å². The molecule has 1 aromatic rings. The lowest BCUT2D eigenvalue weighted by molar-refractivity contribution is -0.140. The summed E-state index contributed by atoms with van der Waals surface area (Å²) in [5.74, 6) is 0.889. The van der Waals surface area contributed by atoms with Crippen LogP contribution in [0.2, 0.25) is 0 Å². The third-order valence-corrected chi connectivity index (χ3v) is 4.55. The minimum absolute atomic E-state index is 0. The van der Waals surface area contributed by atoms with E-state index in [2.05, 4.69) is 39.8 Å². The van der Waals surface area contributed by atoms with Crippen LogP contribution in [0.5, 0.6) is 0 Å². The van der Waals surface area contributed by atoms with Crippen LogP contribution >= 0.6 is 35.3 Å². The van der Waals surface area contributed by atoms with Crippen molar-refractivity contribution >= 4 is 47.4 Å². The number of aliphatic imine (C=N–C) groups is 1. The molecule has 12 heteroatoms. The number of halogens is 4. The Hall–Kier alpha value is -1.31. The number of nitrogens with zero attached hydrogens (tertiary/aromatic N) is 2. The summed E-state index contributed by atoms with van der Waals surface area (Å²) in [6.07, 6.45) is -3.81. The fourth-order valence-corrected chi connectivity index (χ4v) is 3.28. The molecule has 0 spiro atoms. The van der Waals surface area contributed by atoms with E-state index in [1.165, 1.54) is 0 Å². The highest BCUT2D eigenvalue weighted by Crippen LogP contribution is 2.29. The number of alkyl halides is 3. The van der Waals surface area contributed by atoms with Crippen LogP contribution in [0, 0.1) is 5.92 Å². The van der Waals surface area contributed by atoms with Crippen LogP contribution in [-0.4, -0.2) is 49.3 Å². The van der Waals surface area contributed by atoms with Gasteiger partial charge in [-0.15, -0.1) is 35.3 Å². The number of hydrogen-bond donors (Lipinski definition) is 3. The Labute approximate surface area is 196 Å². The molecule has 0 saturated carbocycles. The number of thiazole rings is 1. The number of nitrogens with one attached hydrogen (secondary N) is 3. The maximum absolute atomic E-state index is 12.6. The van der Waals surface area contributed by atoms with Gasteiger partial charge in [0, 0.05) is 24.9 Å². The highest BCUT2D eigenvalue weighted by molar-refractivity contribution is 14.0. The van der Waals surface area contributed by atoms with Gasteiger partial charge in [-0.25, -0.2) is 9.78 Å². The van der Waals surface area contributed by atoms with Crippen molar-refractivity contribution in [1.82, 2.24) is 20.9 Å². The van der Waals surface area contributed by atoms with Gasteiger partial charge in [-0.2, -0.15) is 13.2 Å². The SMILES string of the molecule is CCNC(=NCC(CC(C)C)NC(=O)OCC)NCCc1nc(C(F)(F)F)cs1.I. The molecule has 0 fully saturated rings. The van der Waals surface area contributed by atoms with Crippen molar-refractivity contribution < 1.29 is 22.7 Å². The van der Waals surface area contributed by atoms with E-state index in [0.717, 1.165) is 23.1 Å². The van der Waals surface area contributed by atoms with Crippen LogP contribution in [0.3, 0.4) is 0 Å². The first-order valence-electron chi connectivity index (χ1n) is 9.62. The van der Waals surface area contributed by atoms with Gasteiger partial charge < -0.3 is 20.7 Å². The van der Waals surface area contributed by atoms with E-state index in [1.54, 1.807) is 6.92 Å². The van der Waals surface area contributed by atoms with E-state index >= 15 is 0 Å². The molecule has 1 heterocycles. The van der Waals surface area contributed by atoms with Crippen molar-refractivity contribution in [2.24, 2.45) is 10.9 Å². The average Bonchev–Trinajstić information content (AvgIpc) is 3.08. The Kier molecular flexibility index (Phi) is 14.0. The molecule has 174 valence electrons. The summed E-state index contributed by atoms with van der Waals surface area (Å²) in [5.41, 5.74) is -0.861. The number of amides is 1. The summed E-state index contributed by atoms with van der Waals surface area (Å²) in [7, 11) is 0. The number of carbonyl (C=O) groups excluding carboxylic acids is 1. The first kappa shape index (κ1) is 28.7. The van der Waals surface area contributed by atoms with E-state index in [4.69, 9.17) is 4.74 Å². The third kappa shape index (κ3) is 11.8. The van der Waals surface area contributed by atoms with E-state index in [-0.39, 0.29) is 30.0 Å². The zero-order valence-corrected chi connectivity index (χ0v) is 20.8. The van der Waals surface area contributed by atoms with Crippen molar-refractivity contribution in [1.29, 1.82) is 0 Å². The number of carbonyl (C=O) groups is 1. The molecule has 0 radical (unpaired) electrons. The number of hydrogen-bond acceptors (Lipinski definition) is 5. The zero-order chi connectivity index (χ0) is 21.9. The first-order valence-corrected chi connectivity index (χ1v) is 10.5. The zero-order valence-electron chi connectivity index (χ0n) is 17.6. The summed E-state index contributed by atoms with van der Waals surface area (Å²) < 4.78 is 42.8. The number of ether oxygens (including phenoxy) is 1. The van der Waals surface area contributed by atoms with E-state index in [0.29, 0.717) is 49.5 Å². The smallest absolute Gasteiger partial charge is 0.434 e. The van der Waals surface area contributed by atoms with Gasteiger partial charge in [0.1, 0.15) is 0 Å². The molecule has 1 amide bonds. The van der Waals surface area contributed by atoms with Gasteiger partial charge in [0.05, 0.1) is 24.2 Å². The first-order chi connectivity index (χ1) is 13.7. The third-order valence-electron chi connectivity index (χ3n) is 3.64. The number of alkyl carbamates (subject to hydrolysis) is 1. The van der Waals surface area contributed by atoms with Gasteiger partial charge in [-0.3, -0.25) is 4.99 Å². The van der Waals surface area contributed by atoms with Crippen LogP contribution in [0.15, 0.2) is 10.4 Å². The monoisotopic (exact) mass is 565 g/mol. The average molecular weight is 565 g/mol. The van der Waals surface area contributed by atoms with Crippen LogP contribution in [0.4, 0.5) is 18.0 Å². The van der Waals surface area contributed by atoms with Crippen LogP contribution in [-0.2, 0) is 17.3 Å². The normalized spacial score (nSPS) is 12.9. The Morgan fingerprint density at radius 1 is 1.30 bits per heavy atom. The molecule has 0 aliphatic carbocycles. The summed E-state index contributed by atoms with van der Waals surface area (Å²) in [6.45, 7) is 9.41. The largest absolute Gasteiger partial charge is 0.450 e. The van der Waals surface area contributed by atoms with Crippen molar-refractivity contribution in [3.63, 3.8) is 0 Å². The minimum atomic E-state index is -4.42. The Balaban J connectivity index is 0.00000841. The van der Waals surface area contributed by atoms with Crippen LogP contribution < -0.4 is 16.0 Å². The molecule has 0 aliphatic rings. The maximum atomic E-state index is 12.6. The Morgan fingerprint density at radius 3 is 2.53 bits per heavy atom. The van der Waals surface area contributed by atoms with Crippen molar-refractivity contribution in [3.05, 3.63) is 16.1 Å². The fraction of sp³-hybridized carbons (Fsp3) is 0.722. The second-order valence-corrected chi connectivity index (χ2v) is 7.65. The van der Waals surface area contributed by atoms with E-state index in [1.807, 2.05) is 6.92 Å². The maximum Gasteiger partial charge on any atom is 0.434 e. The highest BCUT2D eigenvalue weighted by atomic mass is 127. The van der Waals surface area contributed by atoms with Gasteiger partial charge in [0.15, 0.2) is 11.7 Å². The van der Waals surface area contributed by atoms with E-state index in [9.17, 15) is 18.0 Å². The lowest BCUT2D eigenvalue weighted by Crippen LogP contribution is -2.42. The molecule has 0 aliphatic heterocycles. The van der Waals surface area contributed by atoms with Gasteiger partial charge in [0.2, 0.25) is 0 Å². The molecule has 30 heavy (non-hydrogen) atoms. The van der Waals surface area contributed by atoms with Crippen LogP contribution in [0.25, 0.3) is 0 Å². The van der Waals surface area contributed by atoms with Gasteiger partial charge in [0.25, 0.3) is 0 Å². The molecule has 1 unspecified atom stereocenters. The highest BCUT2D eigenvalue weighted by Gasteiger charge is 2.33. The topological polar surface area (TPSA) is 87.6 Å². The lowest BCUT2D eigenvalue weighted by atomic mass is 10.0. The summed E-state index contributed by atoms with van der Waals surface area (Å²) in [6, 6.07) is -0.183. The summed E-state index contributed by atoms with van der Waals surface area (Å²) >= 11 is 0.985. The van der Waals surface area contributed by atoms with Crippen molar-refractivity contribution in [2.75, 3.05) is 26.2 Å². The molecule has 3 N–H and O–H groups in total. The quantitative estimate of drug-likeness (QED) is 0.227. The molecule has 1 rings (SSSR count). The second kappa shape index (κ2) is 14.7. The van der Waals surface area contributed by atoms with Crippen molar-refractivity contribution in [3.8, 4) is 0 Å². The van der Waals surface area contributed by atoms with Gasteiger partial charge in [-0.05, 0) is 26.2 Å². The predicted octanol–water partition coefficient (Wildman–Crippen LogP) is 4.04. The lowest BCUT2D eigenvalue weighted by Gasteiger charge is -2.19. The molecule has 1 atom stereocenters. The predicted molar refractivity (Wildman–Crippen MR) is 124 cm³/mol. The van der Waals surface area contributed by atoms with Gasteiger partial charge >= 0.3 is 12.3 Å². The number of rotatable bonds is 10. The molecule has 0 aromatic carbocycles. The van der Waals surface area contributed by atoms with Crippen molar-refractivity contribution in [2.45, 2.75) is 52.8 Å². The summed E-state index contributed by atoms with van der Waals surface area (Å²) in [5, 5.41) is 10.4. The standard InChI is InChI=1S/C18H30F3N5O2S.HI/c1-5-22-16(23-8-7-15-26-14(11-29-15)18(19,20)21)24-10-13(9-12(3)4)25-17(27)28-6-2;/h11-13H,5-10H2,1-4H3,(H,25,27)(H2,22,23,24);1H. The molecular formula is C18H31F3IN5O2S. The number of guanidine groups is 1. The Morgan fingerprint density at radius 2 is 2.00 bits per heavy atom. The fourth-order valence-electron chi connectivity index (χ4n) is 2.47. The number of aromatic nitrogens is 1. The summed E-state index contributed by atoms with van der Waals surface area (Å²) in [4.78, 5) is 19.8. The molecular weight excluding hydrogens is 534 g/mol. The Bertz CT molecular complexity index is 656. The van der Waals surface area contributed by atoms with Gasteiger partial charge in [-0.1, -0.05) is 13.8 Å². The molecule has 7 nitrogen and oxygen atoms in total. The molecule has 1 aromatic heterocycles. The molecule has 0 bridgehead atoms. The van der Waals surface area contributed by atoms with E-state index < -0.39 is 18.0 Å². The minimum Gasteiger partial charge on any atom is -0.450 e. The molecule has 0 saturated heterocycles. The second-order valence-electron chi connectivity index (χ2n) is 6.71.